The molecule has 67 heavy (non-hydrogen) atoms. The van der Waals surface area contributed by atoms with Gasteiger partial charge in [-0.15, -0.1) is 0 Å². The first-order valence-corrected chi connectivity index (χ1v) is 23.8. The smallest absolute Gasteiger partial charge is 0.387 e. The number of hydrogen-bond donors (Lipinski definition) is 5. The van der Waals surface area contributed by atoms with Crippen molar-refractivity contribution in [2.45, 2.75) is 62.1 Å². The Morgan fingerprint density at radius 3 is 1.82 bits per heavy atom. The van der Waals surface area contributed by atoms with Gasteiger partial charge in [-0.25, -0.2) is 49.2 Å². The van der Waals surface area contributed by atoms with E-state index in [2.05, 4.69) is 50.7 Å². The fourth-order valence-electron chi connectivity index (χ4n) is 7.66. The molecule has 2 aromatic carbocycles. The monoisotopic (exact) mass is 954 g/mol. The molecule has 3 saturated heterocycles. The van der Waals surface area contributed by atoms with E-state index in [1.54, 1.807) is 65.2 Å². The maximum Gasteiger partial charge on any atom is 0.406 e. The van der Waals surface area contributed by atoms with Crippen LogP contribution in [0.2, 0.25) is 0 Å². The van der Waals surface area contributed by atoms with E-state index in [1.807, 2.05) is 12.1 Å². The lowest BCUT2D eigenvalue weighted by Gasteiger charge is -2.31. The van der Waals surface area contributed by atoms with Crippen LogP contribution in [0.25, 0.3) is 22.3 Å². The molecular weight excluding hydrogens is 914 g/mol. The molecule has 0 aliphatic carbocycles. The third-order valence-electron chi connectivity index (χ3n) is 10.8. The van der Waals surface area contributed by atoms with Crippen LogP contribution in [0.15, 0.2) is 86.0 Å². The summed E-state index contributed by atoms with van der Waals surface area (Å²) in [7, 11) is -8.89. The van der Waals surface area contributed by atoms with Crippen LogP contribution in [0.1, 0.15) is 52.4 Å². The first kappa shape index (κ1) is 45.7. The molecule has 3 aliphatic heterocycles. The van der Waals surface area contributed by atoms with Crippen LogP contribution in [-0.4, -0.2) is 113 Å². The summed E-state index contributed by atoms with van der Waals surface area (Å²) in [4.78, 5) is 52.0. The van der Waals surface area contributed by atoms with E-state index in [1.165, 1.54) is 29.9 Å². The first-order chi connectivity index (χ1) is 32.5. The molecule has 346 valence electrons. The van der Waals surface area contributed by atoms with Crippen LogP contribution >= 0.6 is 15.5 Å². The fraction of sp³-hybridized carbons (Fsp3) is 0.350. The number of nitriles is 2. The van der Waals surface area contributed by atoms with Gasteiger partial charge < -0.3 is 25.2 Å². The number of hydrogen-bond acceptors (Lipinski definition) is 19. The Morgan fingerprint density at radius 1 is 0.731 bits per heavy atom. The molecule has 0 saturated carbocycles. The number of benzene rings is 2. The number of rotatable bonds is 12. The quantitative estimate of drug-likeness (QED) is 0.0861. The number of imidazole rings is 2. The van der Waals surface area contributed by atoms with E-state index in [0.717, 1.165) is 0 Å². The van der Waals surface area contributed by atoms with Crippen molar-refractivity contribution >= 4 is 61.3 Å². The molecule has 3 fully saturated rings. The van der Waals surface area contributed by atoms with Gasteiger partial charge in [-0.05, 0) is 24.3 Å². The van der Waals surface area contributed by atoms with E-state index in [-0.39, 0.29) is 66.4 Å². The van der Waals surface area contributed by atoms with E-state index in [9.17, 15) is 34.3 Å². The van der Waals surface area contributed by atoms with Crippen LogP contribution in [0.4, 0.5) is 11.6 Å². The van der Waals surface area contributed by atoms with Gasteiger partial charge in [-0.1, -0.05) is 36.4 Å². The minimum atomic E-state index is -4.49. The van der Waals surface area contributed by atoms with E-state index >= 15 is 0 Å². The Balaban J connectivity index is 0.995. The van der Waals surface area contributed by atoms with Gasteiger partial charge in [0.1, 0.15) is 31.1 Å². The number of aliphatic hydroxyl groups is 1. The summed E-state index contributed by atoms with van der Waals surface area (Å²) >= 11 is 0. The Kier molecular flexibility index (Phi) is 13.5. The fourth-order valence-corrected chi connectivity index (χ4v) is 10.8. The second kappa shape index (κ2) is 19.8. The number of aliphatic hydroxyl groups excluding tert-OH is 1. The van der Waals surface area contributed by atoms with Gasteiger partial charge in [0.15, 0.2) is 40.2 Å². The Hall–Kier alpha value is -6.44. The molecule has 0 bridgehead atoms. The van der Waals surface area contributed by atoms with E-state index < -0.39 is 83.4 Å². The van der Waals surface area contributed by atoms with Crippen molar-refractivity contribution < 1.29 is 51.4 Å². The van der Waals surface area contributed by atoms with Gasteiger partial charge >= 0.3 is 15.5 Å². The molecular formula is C40H40N14O11P2. The summed E-state index contributed by atoms with van der Waals surface area (Å²) in [5.41, 5.74) is 1.58. The van der Waals surface area contributed by atoms with Crippen molar-refractivity contribution in [3.05, 3.63) is 97.1 Å². The number of fused-ring (bicyclic) bond motifs is 4. The zero-order chi connectivity index (χ0) is 46.5. The lowest BCUT2D eigenvalue weighted by atomic mass is 10.1. The average Bonchev–Trinajstić information content (AvgIpc) is 4.13. The van der Waals surface area contributed by atoms with Gasteiger partial charge in [0.25, 0.3) is 11.8 Å². The normalized spacial score (nSPS) is 27.5. The van der Waals surface area contributed by atoms with Crippen LogP contribution in [0.3, 0.4) is 0 Å². The van der Waals surface area contributed by atoms with Crippen molar-refractivity contribution in [1.82, 2.24) is 49.2 Å². The number of nitrogens with one attached hydrogen (secondary N) is 4. The first-order valence-electron chi connectivity index (χ1n) is 20.7. The highest BCUT2D eigenvalue weighted by atomic mass is 31.2. The van der Waals surface area contributed by atoms with Crippen molar-refractivity contribution in [2.24, 2.45) is 0 Å². The Bertz CT molecular complexity index is 2950. The van der Waals surface area contributed by atoms with Gasteiger partial charge in [-0.3, -0.25) is 36.8 Å². The Morgan fingerprint density at radius 2 is 1.25 bits per heavy atom. The molecule has 27 heteroatoms. The van der Waals surface area contributed by atoms with E-state index in [4.69, 9.17) is 27.6 Å². The predicted molar refractivity (Wildman–Crippen MR) is 231 cm³/mol. The molecule has 2 amide bonds. The van der Waals surface area contributed by atoms with E-state index in [0.29, 0.717) is 11.1 Å². The molecule has 2 unspecified atom stereocenters. The van der Waals surface area contributed by atoms with Crippen molar-refractivity contribution in [3.63, 3.8) is 0 Å². The number of anilines is 2. The predicted octanol–water partition coefficient (Wildman–Crippen LogP) is 3.76. The third kappa shape index (κ3) is 9.85. The highest BCUT2D eigenvalue weighted by Gasteiger charge is 2.51. The van der Waals surface area contributed by atoms with Crippen LogP contribution in [-0.2, 0) is 36.7 Å². The number of carbonyl (C=O) groups is 2. The summed E-state index contributed by atoms with van der Waals surface area (Å²) in [6, 6.07) is 18.6. The third-order valence-corrected chi connectivity index (χ3v) is 14.1. The zero-order valence-corrected chi connectivity index (χ0v) is 36.8. The number of ether oxygens (including phenoxy) is 2. The molecule has 9 rings (SSSR count). The van der Waals surface area contributed by atoms with Crippen LogP contribution in [0.5, 0.6) is 0 Å². The molecule has 9 atom stereocenters. The van der Waals surface area contributed by atoms with Gasteiger partial charge in [0.2, 0.25) is 0 Å². The number of amides is 2. The molecule has 4 aromatic heterocycles. The minimum Gasteiger partial charge on any atom is -0.387 e. The molecule has 3 aliphatic rings. The lowest BCUT2D eigenvalue weighted by molar-refractivity contribution is -0.0481. The Labute approximate surface area is 379 Å². The summed E-state index contributed by atoms with van der Waals surface area (Å²) in [5.74, 6) is -0.665. The molecule has 7 heterocycles. The molecule has 0 spiro atoms. The molecule has 5 N–H and O–H groups in total. The minimum absolute atomic E-state index is 0.0455. The maximum atomic E-state index is 14.7. The van der Waals surface area contributed by atoms with Crippen molar-refractivity contribution in [3.8, 4) is 12.1 Å². The van der Waals surface area contributed by atoms with Crippen molar-refractivity contribution in [2.75, 3.05) is 37.1 Å². The van der Waals surface area contributed by atoms with Crippen molar-refractivity contribution in [1.29, 1.82) is 10.5 Å². The number of nitrogens with zero attached hydrogens (tertiary/aromatic N) is 10. The second-order valence-corrected chi connectivity index (χ2v) is 18.7. The summed E-state index contributed by atoms with van der Waals surface area (Å²) in [5, 5.41) is 41.8. The van der Waals surface area contributed by atoms with Crippen LogP contribution < -0.4 is 20.8 Å². The second-order valence-electron chi connectivity index (χ2n) is 15.1. The lowest BCUT2D eigenvalue weighted by Crippen LogP contribution is -2.46. The SMILES string of the molecule is N#CCCOP1(=O)N[C@H]2[C@@H](O)[C@H](n3cnc4c(NC(=O)c5ccccc5)ncnc43)O[C@@H]2COP(=O)(OCCC#N)N[C@H]2C[C@H](n3cnc4c(NC(=O)c5ccccc5)ncnc43)O[C@@H]2CO1. The highest BCUT2D eigenvalue weighted by molar-refractivity contribution is 7.52. The van der Waals surface area contributed by atoms with Gasteiger partial charge in [0, 0.05) is 17.5 Å². The molecule has 6 aromatic rings. The largest absolute Gasteiger partial charge is 0.406 e. The number of aromatic nitrogens is 8. The molecule has 25 nitrogen and oxygen atoms in total. The zero-order valence-electron chi connectivity index (χ0n) is 35.0. The van der Waals surface area contributed by atoms with Crippen LogP contribution in [0, 0.1) is 22.7 Å². The maximum absolute atomic E-state index is 14.7. The molecule has 0 radical (unpaired) electrons. The standard InChI is InChI=1S/C40H40N14O11P2/c41-13-7-15-60-66(58)51-26-17-29(53-22-47-31-34(43-20-45-36(31)53)49-38(56)24-9-3-1-4-10-24)64-27(26)18-62-67(59,61-16-8-14-42)52-30-28(19-63-66)65-40(33(30)55)54-23-48-32-35(44-21-46-37(32)54)50-39(57)25-11-5-2-6-12-25/h1-6,9-12,20-23,26-30,33,40,55H,7-8,15-19H2,(H,51,58)(H,52,59)(H,43,45,49,56)(H,44,46,50,57)/t26-,27+,28+,29+,30+,33+,40+,66?,67?/m0/s1. The summed E-state index contributed by atoms with van der Waals surface area (Å²) < 4.78 is 68.6. The summed E-state index contributed by atoms with van der Waals surface area (Å²) in [6.07, 6.45) is -1.22. The topological polar surface area (TPSA) is 327 Å². The van der Waals surface area contributed by atoms with Gasteiger partial charge in [-0.2, -0.15) is 10.5 Å². The van der Waals surface area contributed by atoms with Gasteiger partial charge in [0.05, 0.1) is 82.2 Å². The average molecular weight is 955 g/mol. The summed E-state index contributed by atoms with van der Waals surface area (Å²) in [6.45, 7) is -1.69. The number of carbonyl (C=O) groups excluding carboxylic acids is 2. The highest BCUT2D eigenvalue weighted by Crippen LogP contribution is 2.52.